The number of nitrogens with zero attached hydrogens (tertiary/aromatic N) is 4. The van der Waals surface area contributed by atoms with Gasteiger partial charge in [-0.05, 0) is 41.8 Å². The van der Waals surface area contributed by atoms with E-state index in [9.17, 15) is 14.9 Å². The van der Waals surface area contributed by atoms with E-state index in [0.717, 1.165) is 35.6 Å². The SMILES string of the molecule is O=C(NCc1cccnc1)[C@@H]1Cc2cc([N+](=O)[O-])ccc2N2CCN(c3ccccc3)C[C@H]12. The van der Waals surface area contributed by atoms with Crippen LogP contribution in [0.5, 0.6) is 0 Å². The first-order valence-corrected chi connectivity index (χ1v) is 11.1. The molecule has 2 aromatic carbocycles. The topological polar surface area (TPSA) is 91.6 Å². The molecular weight excluding hydrogens is 418 g/mol. The third-order valence-electron chi connectivity index (χ3n) is 6.55. The molecule has 0 radical (unpaired) electrons. The summed E-state index contributed by atoms with van der Waals surface area (Å²) in [5, 5.41) is 14.4. The molecule has 3 heterocycles. The molecule has 2 atom stereocenters. The van der Waals surface area contributed by atoms with Crippen LogP contribution >= 0.6 is 0 Å². The highest BCUT2D eigenvalue weighted by Gasteiger charge is 2.42. The highest BCUT2D eigenvalue weighted by molar-refractivity contribution is 5.82. The molecule has 5 rings (SSSR count). The van der Waals surface area contributed by atoms with Crippen molar-refractivity contribution in [2.45, 2.75) is 19.0 Å². The Bertz CT molecular complexity index is 1160. The van der Waals surface area contributed by atoms with Gasteiger partial charge in [0.1, 0.15) is 0 Å². The molecule has 1 N–H and O–H groups in total. The predicted molar refractivity (Wildman–Crippen MR) is 126 cm³/mol. The van der Waals surface area contributed by atoms with E-state index in [2.05, 4.69) is 32.2 Å². The number of nitrogens with one attached hydrogen (secondary N) is 1. The number of hydrogen-bond acceptors (Lipinski definition) is 6. The first-order valence-electron chi connectivity index (χ1n) is 11.1. The van der Waals surface area contributed by atoms with Crippen LogP contribution in [0.15, 0.2) is 73.1 Å². The van der Waals surface area contributed by atoms with Gasteiger partial charge < -0.3 is 15.1 Å². The number of hydrogen-bond donors (Lipinski definition) is 1. The van der Waals surface area contributed by atoms with E-state index in [1.54, 1.807) is 24.5 Å². The van der Waals surface area contributed by atoms with Gasteiger partial charge in [-0.25, -0.2) is 0 Å². The number of piperazine rings is 1. The number of carbonyl (C=O) groups is 1. The van der Waals surface area contributed by atoms with E-state index in [-0.39, 0.29) is 28.5 Å². The maximum absolute atomic E-state index is 13.4. The molecule has 0 saturated carbocycles. The first kappa shape index (κ1) is 20.9. The van der Waals surface area contributed by atoms with Crippen molar-refractivity contribution in [3.05, 3.63) is 94.3 Å². The number of para-hydroxylation sites is 1. The summed E-state index contributed by atoms with van der Waals surface area (Å²) in [6.45, 7) is 2.68. The maximum Gasteiger partial charge on any atom is 0.269 e. The lowest BCUT2D eigenvalue weighted by Crippen LogP contribution is -2.61. The number of carbonyl (C=O) groups excluding carboxylic acids is 1. The molecule has 2 aliphatic heterocycles. The molecule has 0 spiro atoms. The molecular formula is C25H25N5O3. The number of nitro benzene ring substituents is 1. The third kappa shape index (κ3) is 4.24. The van der Waals surface area contributed by atoms with Gasteiger partial charge in [0.25, 0.3) is 5.69 Å². The lowest BCUT2D eigenvalue weighted by Gasteiger charge is -2.49. The fraction of sp³-hybridized carbons (Fsp3) is 0.280. The van der Waals surface area contributed by atoms with Crippen molar-refractivity contribution in [3.63, 3.8) is 0 Å². The molecule has 8 nitrogen and oxygen atoms in total. The summed E-state index contributed by atoms with van der Waals surface area (Å²) >= 11 is 0. The number of anilines is 2. The van der Waals surface area contributed by atoms with Gasteiger partial charge in [-0.3, -0.25) is 19.9 Å². The largest absolute Gasteiger partial charge is 0.368 e. The summed E-state index contributed by atoms with van der Waals surface area (Å²) in [4.78, 5) is 33.0. The van der Waals surface area contributed by atoms with Gasteiger partial charge >= 0.3 is 0 Å². The summed E-state index contributed by atoms with van der Waals surface area (Å²) in [6, 6.07) is 19.0. The van der Waals surface area contributed by atoms with E-state index in [0.29, 0.717) is 19.5 Å². The van der Waals surface area contributed by atoms with Crippen LogP contribution in [0.2, 0.25) is 0 Å². The minimum atomic E-state index is -0.378. The van der Waals surface area contributed by atoms with E-state index in [1.165, 1.54) is 0 Å². The zero-order valence-electron chi connectivity index (χ0n) is 18.1. The van der Waals surface area contributed by atoms with Gasteiger partial charge in [-0.2, -0.15) is 0 Å². The summed E-state index contributed by atoms with van der Waals surface area (Å²) in [6.07, 6.45) is 3.91. The van der Waals surface area contributed by atoms with Gasteiger partial charge in [0.15, 0.2) is 0 Å². The fourth-order valence-corrected chi connectivity index (χ4v) is 4.92. The Morgan fingerprint density at radius 1 is 1.12 bits per heavy atom. The molecule has 0 unspecified atom stereocenters. The molecule has 168 valence electrons. The lowest BCUT2D eigenvalue weighted by atomic mass is 9.83. The minimum absolute atomic E-state index is 0.0261. The van der Waals surface area contributed by atoms with Crippen molar-refractivity contribution >= 4 is 23.0 Å². The molecule has 33 heavy (non-hydrogen) atoms. The van der Waals surface area contributed by atoms with Crippen LogP contribution in [0.4, 0.5) is 17.1 Å². The second kappa shape index (κ2) is 8.90. The average molecular weight is 444 g/mol. The quantitative estimate of drug-likeness (QED) is 0.481. The standard InChI is InChI=1S/C25H25N5O3/c31-25(27-16-18-5-4-10-26-15-18)22-14-19-13-21(30(32)33)8-9-23(19)29-12-11-28(17-24(22)29)20-6-2-1-3-7-20/h1-10,13,15,22,24H,11-12,14,16-17H2,(H,27,31)/t22-,24-/m1/s1. The Morgan fingerprint density at radius 3 is 2.73 bits per heavy atom. The molecule has 1 aromatic heterocycles. The number of fused-ring (bicyclic) bond motifs is 3. The molecule has 1 amide bonds. The van der Waals surface area contributed by atoms with E-state index < -0.39 is 0 Å². The van der Waals surface area contributed by atoms with E-state index in [4.69, 9.17) is 0 Å². The Balaban J connectivity index is 1.43. The van der Waals surface area contributed by atoms with E-state index in [1.807, 2.05) is 36.4 Å². The van der Waals surface area contributed by atoms with Crippen molar-refractivity contribution in [1.82, 2.24) is 10.3 Å². The van der Waals surface area contributed by atoms with Gasteiger partial charge in [-0.15, -0.1) is 0 Å². The van der Waals surface area contributed by atoms with Crippen molar-refractivity contribution in [1.29, 1.82) is 0 Å². The number of non-ortho nitro benzene ring substituents is 1. The van der Waals surface area contributed by atoms with Gasteiger partial charge in [0.05, 0.1) is 16.9 Å². The number of aromatic nitrogens is 1. The van der Waals surface area contributed by atoms with Gasteiger partial charge in [-0.1, -0.05) is 24.3 Å². The number of amides is 1. The summed E-state index contributed by atoms with van der Waals surface area (Å²) < 4.78 is 0. The molecule has 2 aliphatic rings. The van der Waals surface area contributed by atoms with Crippen LogP contribution < -0.4 is 15.1 Å². The molecule has 8 heteroatoms. The number of pyridine rings is 1. The number of nitro groups is 1. The predicted octanol–water partition coefficient (Wildman–Crippen LogP) is 3.17. The number of rotatable bonds is 5. The lowest BCUT2D eigenvalue weighted by molar-refractivity contribution is -0.384. The van der Waals surface area contributed by atoms with Crippen LogP contribution in [-0.2, 0) is 17.8 Å². The van der Waals surface area contributed by atoms with Crippen molar-refractivity contribution in [2.24, 2.45) is 5.92 Å². The normalized spacial score (nSPS) is 19.4. The average Bonchev–Trinajstić information content (AvgIpc) is 2.87. The zero-order valence-corrected chi connectivity index (χ0v) is 18.1. The summed E-state index contributed by atoms with van der Waals surface area (Å²) in [7, 11) is 0. The molecule has 1 saturated heterocycles. The van der Waals surface area contributed by atoms with Crippen LogP contribution in [0, 0.1) is 16.0 Å². The maximum atomic E-state index is 13.4. The second-order valence-corrected chi connectivity index (χ2v) is 8.50. The van der Waals surface area contributed by atoms with Crippen molar-refractivity contribution in [3.8, 4) is 0 Å². The molecule has 3 aromatic rings. The Labute approximate surface area is 192 Å². The van der Waals surface area contributed by atoms with Crippen LogP contribution in [0.1, 0.15) is 11.1 Å². The van der Waals surface area contributed by atoms with Crippen LogP contribution in [0.3, 0.4) is 0 Å². The summed E-state index contributed by atoms with van der Waals surface area (Å²) in [5.74, 6) is -0.358. The van der Waals surface area contributed by atoms with E-state index >= 15 is 0 Å². The number of benzene rings is 2. The van der Waals surface area contributed by atoms with Crippen LogP contribution in [0.25, 0.3) is 0 Å². The first-order chi connectivity index (χ1) is 16.1. The smallest absolute Gasteiger partial charge is 0.269 e. The Hall–Kier alpha value is -3.94. The zero-order chi connectivity index (χ0) is 22.8. The molecule has 0 aliphatic carbocycles. The van der Waals surface area contributed by atoms with Gasteiger partial charge in [0, 0.05) is 62.1 Å². The highest BCUT2D eigenvalue weighted by atomic mass is 16.6. The molecule has 0 bridgehead atoms. The second-order valence-electron chi connectivity index (χ2n) is 8.50. The van der Waals surface area contributed by atoms with Crippen LogP contribution in [-0.4, -0.2) is 41.5 Å². The van der Waals surface area contributed by atoms with Gasteiger partial charge in [0.2, 0.25) is 5.91 Å². The van der Waals surface area contributed by atoms with Crippen molar-refractivity contribution in [2.75, 3.05) is 29.4 Å². The monoisotopic (exact) mass is 443 g/mol. The Kier molecular flexibility index (Phi) is 5.64. The fourth-order valence-electron chi connectivity index (χ4n) is 4.92. The summed E-state index contributed by atoms with van der Waals surface area (Å²) in [5.41, 5.74) is 3.99. The minimum Gasteiger partial charge on any atom is -0.368 e. The molecule has 1 fully saturated rings. The van der Waals surface area contributed by atoms with Crippen molar-refractivity contribution < 1.29 is 9.72 Å². The highest BCUT2D eigenvalue weighted by Crippen LogP contribution is 2.38. The third-order valence-corrected chi connectivity index (χ3v) is 6.55. The Morgan fingerprint density at radius 2 is 1.97 bits per heavy atom.